The Labute approximate surface area is 169 Å². The molecule has 29 heavy (non-hydrogen) atoms. The first-order chi connectivity index (χ1) is 14.0. The van der Waals surface area contributed by atoms with Gasteiger partial charge in [0.1, 0.15) is 12.4 Å². The zero-order chi connectivity index (χ0) is 20.6. The Morgan fingerprint density at radius 1 is 1.10 bits per heavy atom. The molecule has 0 spiro atoms. The molecule has 0 aliphatic carbocycles. The molecule has 7 heteroatoms. The summed E-state index contributed by atoms with van der Waals surface area (Å²) in [6.45, 7) is 0.586. The fourth-order valence-corrected chi connectivity index (χ4v) is 2.89. The first-order valence-corrected chi connectivity index (χ1v) is 9.33. The van der Waals surface area contributed by atoms with E-state index in [0.29, 0.717) is 18.6 Å². The first-order valence-electron chi connectivity index (χ1n) is 9.33. The second-order valence-corrected chi connectivity index (χ2v) is 6.83. The van der Waals surface area contributed by atoms with E-state index < -0.39 is 11.8 Å². The highest BCUT2D eigenvalue weighted by molar-refractivity contribution is 5.94. The Morgan fingerprint density at radius 2 is 1.83 bits per heavy atom. The van der Waals surface area contributed by atoms with Gasteiger partial charge >= 0.3 is 0 Å². The monoisotopic (exact) mass is 392 g/mol. The summed E-state index contributed by atoms with van der Waals surface area (Å²) >= 11 is 0. The Hall–Kier alpha value is -3.61. The summed E-state index contributed by atoms with van der Waals surface area (Å²) in [5.41, 5.74) is 7.85. The average Bonchev–Trinajstić information content (AvgIpc) is 3.15. The third-order valence-corrected chi connectivity index (χ3v) is 4.52. The molecule has 0 radical (unpaired) electrons. The first kappa shape index (κ1) is 20.1. The molecule has 0 aliphatic heterocycles. The van der Waals surface area contributed by atoms with E-state index in [0.717, 1.165) is 16.9 Å². The summed E-state index contributed by atoms with van der Waals surface area (Å²) in [6.07, 6.45) is 3.95. The fraction of sp³-hybridized carbons (Fsp3) is 0.227. The van der Waals surface area contributed by atoms with Gasteiger partial charge in [-0.05, 0) is 41.8 Å². The van der Waals surface area contributed by atoms with Crippen LogP contribution in [0.3, 0.4) is 0 Å². The van der Waals surface area contributed by atoms with Crippen molar-refractivity contribution in [2.75, 3.05) is 6.54 Å². The third kappa shape index (κ3) is 5.93. The fourth-order valence-electron chi connectivity index (χ4n) is 2.89. The molecule has 1 heterocycles. The predicted octanol–water partition coefficient (Wildman–Crippen LogP) is 2.07. The molecule has 1 aromatic heterocycles. The number of primary amides is 1. The van der Waals surface area contributed by atoms with E-state index in [9.17, 15) is 9.59 Å². The van der Waals surface area contributed by atoms with Crippen LogP contribution in [0.15, 0.2) is 67.0 Å². The summed E-state index contributed by atoms with van der Waals surface area (Å²) in [5.74, 6) is -0.414. The number of carbonyl (C=O) groups excluding carboxylic acids is 2. The van der Waals surface area contributed by atoms with Crippen LogP contribution in [0.25, 0.3) is 0 Å². The molecule has 0 bridgehead atoms. The summed E-state index contributed by atoms with van der Waals surface area (Å²) < 4.78 is 7.36. The summed E-state index contributed by atoms with van der Waals surface area (Å²) in [7, 11) is 1.80. The molecule has 3 N–H and O–H groups in total. The topological polar surface area (TPSA) is 99.2 Å². The van der Waals surface area contributed by atoms with E-state index in [4.69, 9.17) is 10.5 Å². The lowest BCUT2D eigenvalue weighted by atomic mass is 10.0. The van der Waals surface area contributed by atoms with Crippen molar-refractivity contribution in [2.45, 2.75) is 13.0 Å². The molecule has 7 nitrogen and oxygen atoms in total. The van der Waals surface area contributed by atoms with E-state index in [1.165, 1.54) is 0 Å². The molecule has 0 saturated carbocycles. The van der Waals surface area contributed by atoms with Crippen LogP contribution in [-0.2, 0) is 24.9 Å². The van der Waals surface area contributed by atoms with Crippen LogP contribution in [0.4, 0.5) is 0 Å². The molecule has 3 aromatic rings. The smallest absolute Gasteiger partial charge is 0.251 e. The number of aromatic nitrogens is 2. The minimum absolute atomic E-state index is 0.169. The Balaban J connectivity index is 1.52. The molecule has 0 aliphatic rings. The van der Waals surface area contributed by atoms with Crippen molar-refractivity contribution in [3.8, 4) is 5.75 Å². The normalized spacial score (nSPS) is 11.6. The van der Waals surface area contributed by atoms with Gasteiger partial charge in [0.25, 0.3) is 5.91 Å². The Kier molecular flexibility index (Phi) is 6.63. The lowest BCUT2D eigenvalue weighted by Crippen LogP contribution is -2.37. The third-order valence-electron chi connectivity index (χ3n) is 4.52. The maximum absolute atomic E-state index is 12.4. The zero-order valence-corrected chi connectivity index (χ0v) is 16.2. The average molecular weight is 392 g/mol. The molecule has 0 unspecified atom stereocenters. The summed E-state index contributed by atoms with van der Waals surface area (Å²) in [5, 5.41) is 6.87. The number of hydrogen-bond acceptors (Lipinski definition) is 4. The van der Waals surface area contributed by atoms with Gasteiger partial charge in [0.05, 0.1) is 12.1 Å². The number of benzene rings is 2. The number of nitrogens with zero attached hydrogens (tertiary/aromatic N) is 2. The highest BCUT2D eigenvalue weighted by atomic mass is 16.5. The predicted molar refractivity (Wildman–Crippen MR) is 109 cm³/mol. The van der Waals surface area contributed by atoms with E-state index in [2.05, 4.69) is 10.4 Å². The number of aryl methyl sites for hydroxylation is 1. The largest absolute Gasteiger partial charge is 0.489 e. The number of nitrogens with one attached hydrogen (secondary N) is 1. The SMILES string of the molecule is Cn1cc(C[C@@H](CNC(=O)c2ccc(COc3ccccc3)cc2)C(N)=O)cn1. The van der Waals surface area contributed by atoms with Gasteiger partial charge in [-0.25, -0.2) is 0 Å². The molecule has 0 fully saturated rings. The van der Waals surface area contributed by atoms with Crippen LogP contribution in [0, 0.1) is 5.92 Å². The molecule has 150 valence electrons. The maximum atomic E-state index is 12.4. The van der Waals surface area contributed by atoms with Crippen LogP contribution < -0.4 is 15.8 Å². The zero-order valence-electron chi connectivity index (χ0n) is 16.2. The van der Waals surface area contributed by atoms with Gasteiger partial charge in [-0.15, -0.1) is 0 Å². The van der Waals surface area contributed by atoms with Gasteiger partial charge in [-0.3, -0.25) is 14.3 Å². The quantitative estimate of drug-likeness (QED) is 0.582. The van der Waals surface area contributed by atoms with Crippen molar-refractivity contribution in [3.05, 3.63) is 83.7 Å². The van der Waals surface area contributed by atoms with Crippen molar-refractivity contribution >= 4 is 11.8 Å². The van der Waals surface area contributed by atoms with Crippen molar-refractivity contribution in [1.82, 2.24) is 15.1 Å². The highest BCUT2D eigenvalue weighted by Crippen LogP contribution is 2.13. The summed E-state index contributed by atoms with van der Waals surface area (Å²) in [4.78, 5) is 24.1. The number of para-hydroxylation sites is 1. The van der Waals surface area contributed by atoms with E-state index in [-0.39, 0.29) is 12.5 Å². The number of amides is 2. The number of carbonyl (C=O) groups is 2. The Bertz CT molecular complexity index is 952. The number of nitrogens with two attached hydrogens (primary N) is 1. The standard InChI is InChI=1S/C22H24N4O3/c1-26-14-17(12-25-26)11-19(21(23)27)13-24-22(28)18-9-7-16(8-10-18)15-29-20-5-3-2-4-6-20/h2-10,12,14,19H,11,13,15H2,1H3,(H2,23,27)(H,24,28)/t19-/m0/s1. The summed E-state index contributed by atoms with van der Waals surface area (Å²) in [6, 6.07) is 16.7. The van der Waals surface area contributed by atoms with Crippen molar-refractivity contribution in [3.63, 3.8) is 0 Å². The molecular weight excluding hydrogens is 368 g/mol. The molecule has 2 amide bonds. The number of ether oxygens (including phenoxy) is 1. The van der Waals surface area contributed by atoms with Gasteiger partial charge in [0, 0.05) is 25.4 Å². The highest BCUT2D eigenvalue weighted by Gasteiger charge is 2.18. The van der Waals surface area contributed by atoms with Gasteiger partial charge in [0.15, 0.2) is 0 Å². The lowest BCUT2D eigenvalue weighted by molar-refractivity contribution is -0.121. The van der Waals surface area contributed by atoms with Crippen LogP contribution in [0.1, 0.15) is 21.5 Å². The van der Waals surface area contributed by atoms with Crippen molar-refractivity contribution in [1.29, 1.82) is 0 Å². The van der Waals surface area contributed by atoms with Gasteiger partial charge in [0.2, 0.25) is 5.91 Å². The minimum atomic E-state index is -0.498. The second-order valence-electron chi connectivity index (χ2n) is 6.83. The lowest BCUT2D eigenvalue weighted by Gasteiger charge is -2.14. The van der Waals surface area contributed by atoms with Crippen molar-refractivity contribution in [2.24, 2.45) is 18.7 Å². The minimum Gasteiger partial charge on any atom is -0.489 e. The van der Waals surface area contributed by atoms with Crippen LogP contribution >= 0.6 is 0 Å². The van der Waals surface area contributed by atoms with Gasteiger partial charge < -0.3 is 15.8 Å². The van der Waals surface area contributed by atoms with Crippen LogP contribution in [0.2, 0.25) is 0 Å². The van der Waals surface area contributed by atoms with Gasteiger partial charge in [-0.2, -0.15) is 5.10 Å². The van der Waals surface area contributed by atoms with E-state index in [1.807, 2.05) is 48.7 Å². The molecule has 3 rings (SSSR count). The number of rotatable bonds is 9. The number of hydrogen-bond donors (Lipinski definition) is 2. The molecule has 1 atom stereocenters. The second kappa shape index (κ2) is 9.54. The van der Waals surface area contributed by atoms with Crippen LogP contribution in [0.5, 0.6) is 5.75 Å². The Morgan fingerprint density at radius 3 is 2.45 bits per heavy atom. The van der Waals surface area contributed by atoms with E-state index in [1.54, 1.807) is 30.1 Å². The van der Waals surface area contributed by atoms with Gasteiger partial charge in [-0.1, -0.05) is 30.3 Å². The van der Waals surface area contributed by atoms with Crippen molar-refractivity contribution < 1.29 is 14.3 Å². The molecular formula is C22H24N4O3. The van der Waals surface area contributed by atoms with E-state index >= 15 is 0 Å². The van der Waals surface area contributed by atoms with Crippen LogP contribution in [-0.4, -0.2) is 28.1 Å². The maximum Gasteiger partial charge on any atom is 0.251 e. The molecule has 2 aromatic carbocycles. The molecule has 0 saturated heterocycles.